The van der Waals surface area contributed by atoms with Crippen molar-refractivity contribution in [3.8, 4) is 5.75 Å². The molecule has 0 saturated carbocycles. The van der Waals surface area contributed by atoms with Gasteiger partial charge in [0.1, 0.15) is 18.2 Å². The van der Waals surface area contributed by atoms with Crippen molar-refractivity contribution in [2.75, 3.05) is 18.5 Å². The van der Waals surface area contributed by atoms with E-state index in [0.29, 0.717) is 13.2 Å². The van der Waals surface area contributed by atoms with Crippen molar-refractivity contribution < 1.29 is 4.74 Å². The average molecular weight is 264 g/mol. The van der Waals surface area contributed by atoms with Gasteiger partial charge in [-0.15, -0.1) is 0 Å². The van der Waals surface area contributed by atoms with Crippen LogP contribution in [0.5, 0.6) is 5.75 Å². The first-order chi connectivity index (χ1) is 8.75. The molecule has 0 bridgehead atoms. The molecule has 1 heterocycles. The number of aryl methyl sites for hydroxylation is 1. The Morgan fingerprint density at radius 2 is 2.06 bits per heavy atom. The van der Waals surface area contributed by atoms with Crippen LogP contribution in [0.15, 0.2) is 36.5 Å². The van der Waals surface area contributed by atoms with Gasteiger partial charge in [0.15, 0.2) is 0 Å². The molecular weight excluding hydrogens is 250 g/mol. The first-order valence-corrected chi connectivity index (χ1v) is 6.04. The van der Waals surface area contributed by atoms with E-state index >= 15 is 0 Å². The van der Waals surface area contributed by atoms with Gasteiger partial charge in [0.2, 0.25) is 5.28 Å². The molecule has 1 N–H and O–H groups in total. The Labute approximate surface area is 111 Å². The van der Waals surface area contributed by atoms with Gasteiger partial charge in [-0.1, -0.05) is 18.2 Å². The molecule has 2 rings (SSSR count). The zero-order chi connectivity index (χ0) is 12.8. The fourth-order valence-electron chi connectivity index (χ4n) is 1.45. The summed E-state index contributed by atoms with van der Waals surface area (Å²) in [4.78, 5) is 8.00. The Morgan fingerprint density at radius 3 is 2.83 bits per heavy atom. The lowest BCUT2D eigenvalue weighted by atomic mass is 10.3. The molecule has 5 heteroatoms. The molecule has 0 atom stereocenters. The van der Waals surface area contributed by atoms with Crippen molar-refractivity contribution in [2.45, 2.75) is 6.92 Å². The number of benzene rings is 1. The van der Waals surface area contributed by atoms with E-state index in [1.54, 1.807) is 6.20 Å². The van der Waals surface area contributed by atoms with Gasteiger partial charge in [-0.2, -0.15) is 0 Å². The van der Waals surface area contributed by atoms with Crippen LogP contribution < -0.4 is 10.1 Å². The normalized spacial score (nSPS) is 10.1. The molecule has 4 nitrogen and oxygen atoms in total. The molecule has 0 amide bonds. The van der Waals surface area contributed by atoms with Crippen molar-refractivity contribution in [3.05, 3.63) is 47.4 Å². The second kappa shape index (κ2) is 6.21. The van der Waals surface area contributed by atoms with Crippen LogP contribution in [0, 0.1) is 6.92 Å². The van der Waals surface area contributed by atoms with Gasteiger partial charge in [-0.3, -0.25) is 0 Å². The Balaban J connectivity index is 1.80. The lowest BCUT2D eigenvalue weighted by Gasteiger charge is -2.09. The van der Waals surface area contributed by atoms with E-state index in [4.69, 9.17) is 16.3 Å². The summed E-state index contributed by atoms with van der Waals surface area (Å²) in [5.74, 6) is 1.60. The van der Waals surface area contributed by atoms with E-state index in [1.807, 2.05) is 37.3 Å². The third-order valence-electron chi connectivity index (χ3n) is 2.35. The highest BCUT2D eigenvalue weighted by Crippen LogP contribution is 2.12. The number of halogens is 1. The summed E-state index contributed by atoms with van der Waals surface area (Å²) in [5, 5.41) is 3.41. The maximum absolute atomic E-state index is 5.73. The van der Waals surface area contributed by atoms with Crippen molar-refractivity contribution in [2.24, 2.45) is 0 Å². The highest BCUT2D eigenvalue weighted by molar-refractivity contribution is 6.28. The Hall–Kier alpha value is -1.81. The van der Waals surface area contributed by atoms with E-state index in [0.717, 1.165) is 17.1 Å². The van der Waals surface area contributed by atoms with E-state index in [1.165, 1.54) is 0 Å². The largest absolute Gasteiger partial charge is 0.492 e. The first kappa shape index (κ1) is 12.6. The Morgan fingerprint density at radius 1 is 1.28 bits per heavy atom. The highest BCUT2D eigenvalue weighted by atomic mass is 35.5. The van der Waals surface area contributed by atoms with Crippen LogP contribution in [0.2, 0.25) is 5.28 Å². The molecule has 0 aliphatic carbocycles. The second-order valence-electron chi connectivity index (χ2n) is 3.76. The summed E-state index contributed by atoms with van der Waals surface area (Å²) in [5.41, 5.74) is 0.958. The van der Waals surface area contributed by atoms with Crippen LogP contribution >= 0.6 is 11.6 Å². The van der Waals surface area contributed by atoms with E-state index in [2.05, 4.69) is 15.3 Å². The van der Waals surface area contributed by atoms with Crippen molar-refractivity contribution >= 4 is 17.4 Å². The standard InChI is InChI=1S/C13H14ClN3O/c1-10-9-16-13(14)17-12(10)15-7-8-18-11-5-3-2-4-6-11/h2-6,9H,7-8H2,1H3,(H,15,16,17). The van der Waals surface area contributed by atoms with Crippen molar-refractivity contribution in [3.63, 3.8) is 0 Å². The van der Waals surface area contributed by atoms with Gasteiger partial charge >= 0.3 is 0 Å². The molecule has 94 valence electrons. The lowest BCUT2D eigenvalue weighted by Crippen LogP contribution is -2.13. The van der Waals surface area contributed by atoms with Gasteiger partial charge in [-0.25, -0.2) is 9.97 Å². The molecule has 1 aromatic heterocycles. The van der Waals surface area contributed by atoms with E-state index in [-0.39, 0.29) is 5.28 Å². The average Bonchev–Trinajstić information content (AvgIpc) is 2.40. The molecule has 0 fully saturated rings. The van der Waals surface area contributed by atoms with Crippen molar-refractivity contribution in [1.82, 2.24) is 9.97 Å². The Kier molecular flexibility index (Phi) is 4.36. The van der Waals surface area contributed by atoms with Crippen LogP contribution in [0.3, 0.4) is 0 Å². The zero-order valence-electron chi connectivity index (χ0n) is 10.1. The summed E-state index contributed by atoms with van der Waals surface area (Å²) in [6, 6.07) is 9.69. The second-order valence-corrected chi connectivity index (χ2v) is 4.10. The molecule has 0 aliphatic heterocycles. The molecule has 0 unspecified atom stereocenters. The van der Waals surface area contributed by atoms with Crippen LogP contribution in [-0.2, 0) is 0 Å². The topological polar surface area (TPSA) is 47.0 Å². The van der Waals surface area contributed by atoms with E-state index < -0.39 is 0 Å². The van der Waals surface area contributed by atoms with Crippen molar-refractivity contribution in [1.29, 1.82) is 0 Å². The third-order valence-corrected chi connectivity index (χ3v) is 2.53. The first-order valence-electron chi connectivity index (χ1n) is 5.66. The monoisotopic (exact) mass is 263 g/mol. The summed E-state index contributed by atoms with van der Waals surface area (Å²) in [6.45, 7) is 3.14. The molecule has 2 aromatic rings. The van der Waals surface area contributed by atoms with E-state index in [9.17, 15) is 0 Å². The number of hydrogen-bond donors (Lipinski definition) is 1. The SMILES string of the molecule is Cc1cnc(Cl)nc1NCCOc1ccccc1. The van der Waals surface area contributed by atoms with Gasteiger partial charge in [-0.05, 0) is 30.7 Å². The highest BCUT2D eigenvalue weighted by Gasteiger charge is 2.01. The number of ether oxygens (including phenoxy) is 1. The fraction of sp³-hybridized carbons (Fsp3) is 0.231. The smallest absolute Gasteiger partial charge is 0.224 e. The van der Waals surface area contributed by atoms with Gasteiger partial charge in [0.25, 0.3) is 0 Å². The van der Waals surface area contributed by atoms with Crippen LogP contribution in [0.1, 0.15) is 5.56 Å². The zero-order valence-corrected chi connectivity index (χ0v) is 10.8. The number of hydrogen-bond acceptors (Lipinski definition) is 4. The number of rotatable bonds is 5. The van der Waals surface area contributed by atoms with Gasteiger partial charge < -0.3 is 10.1 Å². The van der Waals surface area contributed by atoms with Crippen LogP contribution in [0.4, 0.5) is 5.82 Å². The quantitative estimate of drug-likeness (QED) is 0.666. The molecule has 0 radical (unpaired) electrons. The fourth-order valence-corrected chi connectivity index (χ4v) is 1.59. The molecule has 0 saturated heterocycles. The molecular formula is C13H14ClN3O. The summed E-state index contributed by atoms with van der Waals surface area (Å²) in [7, 11) is 0. The molecule has 0 aliphatic rings. The lowest BCUT2D eigenvalue weighted by molar-refractivity contribution is 0.332. The number of nitrogens with one attached hydrogen (secondary N) is 1. The van der Waals surface area contributed by atoms with Crippen LogP contribution in [0.25, 0.3) is 0 Å². The number of nitrogens with zero attached hydrogens (tertiary/aromatic N) is 2. The van der Waals surface area contributed by atoms with Gasteiger partial charge in [0, 0.05) is 11.8 Å². The molecule has 1 aromatic carbocycles. The maximum Gasteiger partial charge on any atom is 0.224 e. The minimum absolute atomic E-state index is 0.243. The molecule has 18 heavy (non-hydrogen) atoms. The summed E-state index contributed by atoms with van der Waals surface area (Å²) in [6.07, 6.45) is 1.69. The number of anilines is 1. The summed E-state index contributed by atoms with van der Waals surface area (Å²) >= 11 is 5.73. The summed E-state index contributed by atoms with van der Waals surface area (Å²) < 4.78 is 5.56. The number of para-hydroxylation sites is 1. The predicted molar refractivity (Wildman–Crippen MR) is 72.2 cm³/mol. The van der Waals surface area contributed by atoms with Crippen LogP contribution in [-0.4, -0.2) is 23.1 Å². The minimum Gasteiger partial charge on any atom is -0.492 e. The third kappa shape index (κ3) is 3.60. The minimum atomic E-state index is 0.243. The maximum atomic E-state index is 5.73. The Bertz CT molecular complexity index is 505. The van der Waals surface area contributed by atoms with Gasteiger partial charge in [0.05, 0.1) is 6.54 Å². The molecule has 0 spiro atoms. The number of aromatic nitrogens is 2. The predicted octanol–water partition coefficient (Wildman–Crippen LogP) is 2.93.